The van der Waals surface area contributed by atoms with E-state index in [2.05, 4.69) is 36.0 Å². The molecule has 1 aromatic heterocycles. The first-order valence-corrected chi connectivity index (χ1v) is 8.03. The predicted molar refractivity (Wildman–Crippen MR) is 84.9 cm³/mol. The summed E-state index contributed by atoms with van der Waals surface area (Å²) < 4.78 is 5.23. The molecule has 0 bridgehead atoms. The zero-order valence-electron chi connectivity index (χ0n) is 12.7. The van der Waals surface area contributed by atoms with Gasteiger partial charge in [0.25, 0.3) is 0 Å². The Hall–Kier alpha value is -0.860. The minimum absolute atomic E-state index is 0.0881. The van der Waals surface area contributed by atoms with Crippen LogP contribution in [-0.4, -0.2) is 42.9 Å². The Balaban J connectivity index is 2.80. The smallest absolute Gasteiger partial charge is 0.104 e. The maximum Gasteiger partial charge on any atom is 0.104 e. The van der Waals surface area contributed by atoms with E-state index in [0.29, 0.717) is 6.04 Å². The lowest BCUT2D eigenvalue weighted by molar-refractivity contribution is 0.111. The first-order chi connectivity index (χ1) is 9.76. The van der Waals surface area contributed by atoms with E-state index in [4.69, 9.17) is 9.84 Å². The fourth-order valence-electron chi connectivity index (χ4n) is 2.30. The number of hydrogen-bond donors (Lipinski definition) is 1. The minimum Gasteiger partial charge on any atom is -0.384 e. The lowest BCUT2D eigenvalue weighted by Crippen LogP contribution is -2.36. The van der Waals surface area contributed by atoms with Gasteiger partial charge in [0.1, 0.15) is 6.61 Å². The van der Waals surface area contributed by atoms with Gasteiger partial charge in [0.2, 0.25) is 0 Å². The van der Waals surface area contributed by atoms with Gasteiger partial charge < -0.3 is 9.84 Å². The zero-order valence-corrected chi connectivity index (χ0v) is 13.5. The molecule has 0 amide bonds. The fraction of sp³-hybridized carbons (Fsp3) is 0.625. The van der Waals surface area contributed by atoms with Crippen molar-refractivity contribution in [1.82, 2.24) is 4.90 Å². The van der Waals surface area contributed by atoms with Crippen LogP contribution in [0.2, 0.25) is 0 Å². The highest BCUT2D eigenvalue weighted by atomic mass is 32.1. The molecule has 112 valence electrons. The molecule has 0 saturated heterocycles. The number of rotatable bonds is 8. The molecule has 0 spiro atoms. The predicted octanol–water partition coefficient (Wildman–Crippen LogP) is 2.73. The van der Waals surface area contributed by atoms with Crippen LogP contribution in [0, 0.1) is 11.8 Å². The van der Waals surface area contributed by atoms with Crippen molar-refractivity contribution in [3.05, 3.63) is 21.9 Å². The molecular formula is C16H25NO2S. The monoisotopic (exact) mass is 295 g/mol. The van der Waals surface area contributed by atoms with Gasteiger partial charge in [-0.25, -0.2) is 0 Å². The summed E-state index contributed by atoms with van der Waals surface area (Å²) in [5.74, 6) is 5.77. The average Bonchev–Trinajstić information content (AvgIpc) is 2.90. The Morgan fingerprint density at radius 1 is 1.40 bits per heavy atom. The number of thiophene rings is 1. The van der Waals surface area contributed by atoms with Gasteiger partial charge in [0.15, 0.2) is 0 Å². The molecule has 0 aromatic carbocycles. The molecule has 0 radical (unpaired) electrons. The Kier molecular flexibility index (Phi) is 8.56. The Morgan fingerprint density at radius 3 is 2.75 bits per heavy atom. The largest absolute Gasteiger partial charge is 0.384 e. The van der Waals surface area contributed by atoms with Gasteiger partial charge in [0, 0.05) is 36.7 Å². The quantitative estimate of drug-likeness (QED) is 0.749. The van der Waals surface area contributed by atoms with Crippen LogP contribution in [0.4, 0.5) is 0 Å². The first-order valence-electron chi connectivity index (χ1n) is 7.15. The molecule has 1 heterocycles. The van der Waals surface area contributed by atoms with Gasteiger partial charge in [-0.05, 0) is 24.3 Å². The summed E-state index contributed by atoms with van der Waals surface area (Å²) in [5, 5.41) is 10.9. The number of ether oxygens (including phenoxy) is 1. The molecule has 0 aliphatic carbocycles. The van der Waals surface area contributed by atoms with Crippen molar-refractivity contribution in [2.24, 2.45) is 0 Å². The molecule has 1 aromatic rings. The van der Waals surface area contributed by atoms with Gasteiger partial charge in [-0.2, -0.15) is 0 Å². The van der Waals surface area contributed by atoms with Crippen LogP contribution in [-0.2, 0) is 11.3 Å². The third-order valence-corrected chi connectivity index (χ3v) is 4.34. The van der Waals surface area contributed by atoms with Crippen molar-refractivity contribution >= 4 is 11.3 Å². The lowest BCUT2D eigenvalue weighted by atomic mass is 10.1. The summed E-state index contributed by atoms with van der Waals surface area (Å²) in [7, 11) is 1.74. The first kappa shape index (κ1) is 17.2. The topological polar surface area (TPSA) is 32.7 Å². The normalized spacial score (nSPS) is 10.9. The van der Waals surface area contributed by atoms with Crippen molar-refractivity contribution in [2.45, 2.75) is 39.3 Å². The highest BCUT2D eigenvalue weighted by Crippen LogP contribution is 2.21. The summed E-state index contributed by atoms with van der Waals surface area (Å²) >= 11 is 1.73. The average molecular weight is 295 g/mol. The van der Waals surface area contributed by atoms with Crippen LogP contribution in [0.15, 0.2) is 11.4 Å². The molecule has 3 nitrogen and oxygen atoms in total. The van der Waals surface area contributed by atoms with Crippen molar-refractivity contribution in [1.29, 1.82) is 0 Å². The maximum atomic E-state index is 8.82. The summed E-state index contributed by atoms with van der Waals surface area (Å²) in [6.45, 7) is 6.97. The van der Waals surface area contributed by atoms with Crippen molar-refractivity contribution < 1.29 is 9.84 Å². The van der Waals surface area contributed by atoms with Gasteiger partial charge >= 0.3 is 0 Å². The van der Waals surface area contributed by atoms with Crippen LogP contribution in [0.1, 0.15) is 37.1 Å². The summed E-state index contributed by atoms with van der Waals surface area (Å²) in [5.41, 5.74) is 1.04. The lowest BCUT2D eigenvalue weighted by Gasteiger charge is -2.30. The molecule has 4 heteroatoms. The molecule has 0 saturated carbocycles. The third kappa shape index (κ3) is 5.26. The number of nitrogens with zero attached hydrogens (tertiary/aromatic N) is 1. The second-order valence-corrected chi connectivity index (χ2v) is 5.65. The SMILES string of the molecule is CCC(CC)N(CCOC)Cc1sccc1C#CCO. The molecule has 0 aliphatic rings. The van der Waals surface area contributed by atoms with E-state index < -0.39 is 0 Å². The molecule has 0 atom stereocenters. The second-order valence-electron chi connectivity index (χ2n) is 4.65. The Bertz CT molecular complexity index is 429. The fourth-order valence-corrected chi connectivity index (χ4v) is 3.15. The molecule has 0 fully saturated rings. The van der Waals surface area contributed by atoms with E-state index in [1.54, 1.807) is 18.4 Å². The van der Waals surface area contributed by atoms with Gasteiger partial charge in [-0.15, -0.1) is 11.3 Å². The molecular weight excluding hydrogens is 270 g/mol. The van der Waals surface area contributed by atoms with E-state index >= 15 is 0 Å². The van der Waals surface area contributed by atoms with Gasteiger partial charge in [-0.1, -0.05) is 25.7 Å². The zero-order chi connectivity index (χ0) is 14.8. The summed E-state index contributed by atoms with van der Waals surface area (Å²) in [6.07, 6.45) is 2.28. The highest BCUT2D eigenvalue weighted by Gasteiger charge is 2.17. The molecule has 0 unspecified atom stereocenters. The van der Waals surface area contributed by atoms with Crippen LogP contribution < -0.4 is 0 Å². The summed E-state index contributed by atoms with van der Waals surface area (Å²) in [6, 6.07) is 2.61. The van der Waals surface area contributed by atoms with Gasteiger partial charge in [-0.3, -0.25) is 4.90 Å². The van der Waals surface area contributed by atoms with Crippen LogP contribution in [0.3, 0.4) is 0 Å². The molecule has 1 N–H and O–H groups in total. The maximum absolute atomic E-state index is 8.82. The third-order valence-electron chi connectivity index (χ3n) is 3.44. The van der Waals surface area contributed by atoms with E-state index in [0.717, 1.165) is 38.1 Å². The van der Waals surface area contributed by atoms with Crippen molar-refractivity contribution in [2.75, 3.05) is 26.9 Å². The van der Waals surface area contributed by atoms with Gasteiger partial charge in [0.05, 0.1) is 6.61 Å². The number of methoxy groups -OCH3 is 1. The van der Waals surface area contributed by atoms with E-state index in [-0.39, 0.29) is 6.61 Å². The van der Waals surface area contributed by atoms with Crippen LogP contribution >= 0.6 is 11.3 Å². The van der Waals surface area contributed by atoms with E-state index in [1.807, 2.05) is 6.07 Å². The number of hydrogen-bond acceptors (Lipinski definition) is 4. The Labute approximate surface area is 126 Å². The Morgan fingerprint density at radius 2 is 2.15 bits per heavy atom. The van der Waals surface area contributed by atoms with E-state index in [1.165, 1.54) is 4.88 Å². The number of aliphatic hydroxyl groups is 1. The standard InChI is InChI=1S/C16H25NO2S/c1-4-15(5-2)17(9-11-19-3)13-16-14(7-6-10-18)8-12-20-16/h8,12,15,18H,4-5,9-11,13H2,1-3H3. The minimum atomic E-state index is -0.0881. The second kappa shape index (κ2) is 9.95. The molecule has 1 rings (SSSR count). The van der Waals surface area contributed by atoms with Crippen LogP contribution in [0.5, 0.6) is 0 Å². The number of aliphatic hydroxyl groups excluding tert-OH is 1. The molecule has 0 aliphatic heterocycles. The van der Waals surface area contributed by atoms with Crippen LogP contribution in [0.25, 0.3) is 0 Å². The van der Waals surface area contributed by atoms with Crippen molar-refractivity contribution in [3.63, 3.8) is 0 Å². The van der Waals surface area contributed by atoms with Crippen molar-refractivity contribution in [3.8, 4) is 11.8 Å². The highest BCUT2D eigenvalue weighted by molar-refractivity contribution is 7.10. The van der Waals surface area contributed by atoms with E-state index in [9.17, 15) is 0 Å². The molecule has 20 heavy (non-hydrogen) atoms. The summed E-state index contributed by atoms with van der Waals surface area (Å²) in [4.78, 5) is 3.74.